The van der Waals surface area contributed by atoms with Gasteiger partial charge in [-0.05, 0) is 43.0 Å². The first kappa shape index (κ1) is 16.1. The van der Waals surface area contributed by atoms with Crippen molar-refractivity contribution in [2.45, 2.75) is 26.7 Å². The van der Waals surface area contributed by atoms with Crippen LogP contribution in [0.4, 0.5) is 5.69 Å². The van der Waals surface area contributed by atoms with Crippen LogP contribution in [0.1, 0.15) is 23.1 Å². The topological polar surface area (TPSA) is 41.1 Å². The van der Waals surface area contributed by atoms with Gasteiger partial charge in [0.25, 0.3) is 0 Å². The highest BCUT2D eigenvalue weighted by Gasteiger charge is 2.02. The second-order valence-electron chi connectivity index (χ2n) is 5.58. The van der Waals surface area contributed by atoms with Crippen LogP contribution in [-0.4, -0.2) is 19.0 Å². The molecule has 0 aliphatic carbocycles. The van der Waals surface area contributed by atoms with E-state index in [9.17, 15) is 4.79 Å². The number of aryl methyl sites for hydroxylation is 2. The van der Waals surface area contributed by atoms with E-state index in [2.05, 4.69) is 54.8 Å². The molecule has 0 unspecified atom stereocenters. The molecule has 116 valence electrons. The molecule has 3 heteroatoms. The van der Waals surface area contributed by atoms with Crippen LogP contribution in [0.5, 0.6) is 0 Å². The lowest BCUT2D eigenvalue weighted by molar-refractivity contribution is -0.120. The maximum Gasteiger partial charge on any atom is 0.221 e. The number of nitrogens with one attached hydrogen (secondary N) is 2. The Kier molecular flexibility index (Phi) is 6.01. The summed E-state index contributed by atoms with van der Waals surface area (Å²) in [4.78, 5) is 11.8. The molecule has 2 N–H and O–H groups in total. The average Bonchev–Trinajstić information content (AvgIpc) is 2.52. The van der Waals surface area contributed by atoms with Crippen LogP contribution in [0, 0.1) is 13.8 Å². The molecule has 0 heterocycles. The minimum atomic E-state index is 0.0914. The van der Waals surface area contributed by atoms with Crippen molar-refractivity contribution in [1.29, 1.82) is 0 Å². The van der Waals surface area contributed by atoms with Gasteiger partial charge in [0, 0.05) is 25.2 Å². The van der Waals surface area contributed by atoms with Gasteiger partial charge in [0.2, 0.25) is 5.91 Å². The summed E-state index contributed by atoms with van der Waals surface area (Å²) in [6, 6.07) is 16.5. The van der Waals surface area contributed by atoms with Crippen molar-refractivity contribution in [3.8, 4) is 0 Å². The molecule has 2 aromatic rings. The van der Waals surface area contributed by atoms with Gasteiger partial charge in [-0.25, -0.2) is 0 Å². The molecule has 0 bridgehead atoms. The molecule has 0 aliphatic rings. The fraction of sp³-hybridized carbons (Fsp3) is 0.316. The smallest absolute Gasteiger partial charge is 0.221 e. The fourth-order valence-electron chi connectivity index (χ4n) is 2.32. The van der Waals surface area contributed by atoms with E-state index in [-0.39, 0.29) is 5.91 Å². The number of amides is 1. The van der Waals surface area contributed by atoms with Gasteiger partial charge in [-0.15, -0.1) is 0 Å². The SMILES string of the molecule is Cc1ccc(C)c(NCCC(=O)NCCc2ccccc2)c1. The molecule has 0 saturated carbocycles. The minimum absolute atomic E-state index is 0.0914. The molecule has 22 heavy (non-hydrogen) atoms. The van der Waals surface area contributed by atoms with E-state index in [0.717, 1.165) is 12.1 Å². The van der Waals surface area contributed by atoms with Gasteiger partial charge in [0.05, 0.1) is 0 Å². The van der Waals surface area contributed by atoms with E-state index in [4.69, 9.17) is 0 Å². The number of carbonyl (C=O) groups is 1. The van der Waals surface area contributed by atoms with Gasteiger partial charge in [-0.1, -0.05) is 42.5 Å². The lowest BCUT2D eigenvalue weighted by atomic mass is 10.1. The second kappa shape index (κ2) is 8.23. The molecule has 2 rings (SSSR count). The predicted octanol–water partition coefficient (Wildman–Crippen LogP) is 3.46. The van der Waals surface area contributed by atoms with Crippen LogP contribution in [-0.2, 0) is 11.2 Å². The molecule has 0 radical (unpaired) electrons. The summed E-state index contributed by atoms with van der Waals surface area (Å²) in [5, 5.41) is 6.30. The first-order chi connectivity index (χ1) is 10.6. The normalized spacial score (nSPS) is 10.3. The zero-order valence-corrected chi connectivity index (χ0v) is 13.4. The van der Waals surface area contributed by atoms with E-state index in [1.54, 1.807) is 0 Å². The Bertz CT molecular complexity index is 608. The van der Waals surface area contributed by atoms with E-state index in [1.807, 2.05) is 18.2 Å². The van der Waals surface area contributed by atoms with Gasteiger partial charge in [0.15, 0.2) is 0 Å². The monoisotopic (exact) mass is 296 g/mol. The zero-order chi connectivity index (χ0) is 15.8. The minimum Gasteiger partial charge on any atom is -0.384 e. The van der Waals surface area contributed by atoms with Gasteiger partial charge >= 0.3 is 0 Å². The molecule has 0 fully saturated rings. The third kappa shape index (κ3) is 5.24. The fourth-order valence-corrected chi connectivity index (χ4v) is 2.32. The molecule has 3 nitrogen and oxygen atoms in total. The molecule has 1 amide bonds. The van der Waals surface area contributed by atoms with E-state index in [0.29, 0.717) is 19.5 Å². The molecular weight excluding hydrogens is 272 g/mol. The Labute approximate surface area is 132 Å². The van der Waals surface area contributed by atoms with Crippen molar-refractivity contribution in [1.82, 2.24) is 5.32 Å². The van der Waals surface area contributed by atoms with Crippen LogP contribution >= 0.6 is 0 Å². The van der Waals surface area contributed by atoms with Crippen LogP contribution in [0.15, 0.2) is 48.5 Å². The highest BCUT2D eigenvalue weighted by Crippen LogP contribution is 2.15. The molecule has 2 aromatic carbocycles. The Morgan fingerprint density at radius 2 is 1.77 bits per heavy atom. The van der Waals surface area contributed by atoms with Crippen molar-refractivity contribution in [2.75, 3.05) is 18.4 Å². The first-order valence-electron chi connectivity index (χ1n) is 7.77. The first-order valence-corrected chi connectivity index (χ1v) is 7.77. The Morgan fingerprint density at radius 3 is 2.55 bits per heavy atom. The van der Waals surface area contributed by atoms with E-state index in [1.165, 1.54) is 16.7 Å². The number of hydrogen-bond acceptors (Lipinski definition) is 2. The summed E-state index contributed by atoms with van der Waals surface area (Å²) in [6.07, 6.45) is 1.36. The van der Waals surface area contributed by atoms with Crippen molar-refractivity contribution in [3.05, 3.63) is 65.2 Å². The summed E-state index contributed by atoms with van der Waals surface area (Å²) < 4.78 is 0. The van der Waals surface area contributed by atoms with E-state index < -0.39 is 0 Å². The number of benzene rings is 2. The molecule has 0 aliphatic heterocycles. The van der Waals surface area contributed by atoms with Crippen LogP contribution in [0.25, 0.3) is 0 Å². The molecule has 0 atom stereocenters. The average molecular weight is 296 g/mol. The highest BCUT2D eigenvalue weighted by molar-refractivity contribution is 5.76. The summed E-state index contributed by atoms with van der Waals surface area (Å²) in [6.45, 7) is 5.48. The Hall–Kier alpha value is -2.29. The lowest BCUT2D eigenvalue weighted by Crippen LogP contribution is -2.27. The maximum absolute atomic E-state index is 11.8. The predicted molar refractivity (Wildman–Crippen MR) is 92.2 cm³/mol. The van der Waals surface area contributed by atoms with Crippen LogP contribution in [0.2, 0.25) is 0 Å². The summed E-state index contributed by atoms with van der Waals surface area (Å²) in [5.41, 5.74) is 4.78. The summed E-state index contributed by atoms with van der Waals surface area (Å²) >= 11 is 0. The molecule has 0 spiro atoms. The zero-order valence-electron chi connectivity index (χ0n) is 13.4. The van der Waals surface area contributed by atoms with Gasteiger partial charge < -0.3 is 10.6 Å². The number of rotatable bonds is 7. The number of hydrogen-bond donors (Lipinski definition) is 2. The molecular formula is C19H24N2O. The van der Waals surface area contributed by atoms with Crippen molar-refractivity contribution in [3.63, 3.8) is 0 Å². The third-order valence-corrected chi connectivity index (χ3v) is 3.64. The van der Waals surface area contributed by atoms with Gasteiger partial charge in [-0.2, -0.15) is 0 Å². The van der Waals surface area contributed by atoms with Crippen molar-refractivity contribution < 1.29 is 4.79 Å². The maximum atomic E-state index is 11.8. The largest absolute Gasteiger partial charge is 0.384 e. The lowest BCUT2D eigenvalue weighted by Gasteiger charge is -2.10. The highest BCUT2D eigenvalue weighted by atomic mass is 16.1. The molecule has 0 aromatic heterocycles. The summed E-state index contributed by atoms with van der Waals surface area (Å²) in [5.74, 6) is 0.0914. The van der Waals surface area contributed by atoms with Crippen LogP contribution < -0.4 is 10.6 Å². The summed E-state index contributed by atoms with van der Waals surface area (Å²) in [7, 11) is 0. The van der Waals surface area contributed by atoms with Crippen molar-refractivity contribution in [2.24, 2.45) is 0 Å². The standard InChI is InChI=1S/C19H24N2O/c1-15-8-9-16(2)18(14-15)20-13-11-19(22)21-12-10-17-6-4-3-5-7-17/h3-9,14,20H,10-13H2,1-2H3,(H,21,22). The van der Waals surface area contributed by atoms with E-state index >= 15 is 0 Å². The van der Waals surface area contributed by atoms with Crippen LogP contribution in [0.3, 0.4) is 0 Å². The molecule has 0 saturated heterocycles. The quantitative estimate of drug-likeness (QED) is 0.821. The number of anilines is 1. The Balaban J connectivity index is 1.66. The van der Waals surface area contributed by atoms with Gasteiger partial charge in [-0.3, -0.25) is 4.79 Å². The number of carbonyl (C=O) groups excluding carboxylic acids is 1. The second-order valence-corrected chi connectivity index (χ2v) is 5.58. The van der Waals surface area contributed by atoms with Gasteiger partial charge in [0.1, 0.15) is 0 Å². The third-order valence-electron chi connectivity index (χ3n) is 3.64. The Morgan fingerprint density at radius 1 is 1.00 bits per heavy atom. The van der Waals surface area contributed by atoms with Crippen molar-refractivity contribution >= 4 is 11.6 Å².